The first-order valence-corrected chi connectivity index (χ1v) is 6.53. The zero-order valence-electron chi connectivity index (χ0n) is 11.7. The predicted octanol–water partition coefficient (Wildman–Crippen LogP) is 2.62. The summed E-state index contributed by atoms with van der Waals surface area (Å²) in [5, 5.41) is 9.99. The number of carbonyl (C=O) groups excluding carboxylic acids is 1. The van der Waals surface area contributed by atoms with E-state index in [0.717, 1.165) is 0 Å². The fraction of sp³-hybridized carbons (Fsp3) is 0.500. The van der Waals surface area contributed by atoms with Gasteiger partial charge in [0.05, 0.1) is 12.5 Å². The van der Waals surface area contributed by atoms with Gasteiger partial charge in [0.2, 0.25) is 5.91 Å². The normalized spacial score (nSPS) is 11.2. The van der Waals surface area contributed by atoms with Crippen LogP contribution in [-0.4, -0.2) is 36.0 Å². The summed E-state index contributed by atoms with van der Waals surface area (Å²) < 4.78 is 5.04. The lowest BCUT2D eigenvalue weighted by Gasteiger charge is -2.27. The van der Waals surface area contributed by atoms with Crippen LogP contribution in [0.2, 0.25) is 0 Å². The first-order valence-electron chi connectivity index (χ1n) is 6.00. The number of para-hydroxylation sites is 1. The number of amides is 1. The monoisotopic (exact) mass is 285 g/mol. The third kappa shape index (κ3) is 3.53. The van der Waals surface area contributed by atoms with Crippen LogP contribution in [0.25, 0.3) is 0 Å². The standard InChI is InChI=1S/C14H20ClNO3/c1-14(2,9-15)13(18)16(3)8-10-6-5-7-11(19-4)12(10)17/h5-7,17H,8-9H2,1-4H3. The summed E-state index contributed by atoms with van der Waals surface area (Å²) in [4.78, 5) is 13.7. The highest BCUT2D eigenvalue weighted by atomic mass is 35.5. The van der Waals surface area contributed by atoms with Crippen molar-refractivity contribution in [3.63, 3.8) is 0 Å². The highest BCUT2D eigenvalue weighted by Gasteiger charge is 2.29. The molecule has 19 heavy (non-hydrogen) atoms. The minimum Gasteiger partial charge on any atom is -0.504 e. The number of benzene rings is 1. The average Bonchev–Trinajstić information content (AvgIpc) is 2.40. The average molecular weight is 286 g/mol. The number of rotatable bonds is 5. The van der Waals surface area contributed by atoms with Crippen LogP contribution in [0.1, 0.15) is 19.4 Å². The Labute approximate surface area is 118 Å². The van der Waals surface area contributed by atoms with Crippen LogP contribution < -0.4 is 4.74 Å². The van der Waals surface area contributed by atoms with Gasteiger partial charge in [0.25, 0.3) is 0 Å². The lowest BCUT2D eigenvalue weighted by atomic mass is 9.94. The molecule has 1 N–H and O–H groups in total. The van der Waals surface area contributed by atoms with Gasteiger partial charge in [0.1, 0.15) is 0 Å². The Hall–Kier alpha value is -1.42. The second kappa shape index (κ2) is 6.15. The van der Waals surface area contributed by atoms with Crippen LogP contribution in [-0.2, 0) is 11.3 Å². The minimum absolute atomic E-state index is 0.0633. The van der Waals surface area contributed by atoms with Gasteiger partial charge in [-0.1, -0.05) is 12.1 Å². The summed E-state index contributed by atoms with van der Waals surface area (Å²) in [6.07, 6.45) is 0. The maximum Gasteiger partial charge on any atom is 0.229 e. The molecule has 0 fully saturated rings. The van der Waals surface area contributed by atoms with Crippen LogP contribution in [0.3, 0.4) is 0 Å². The number of phenolic OH excluding ortho intramolecular Hbond substituents is 1. The quantitative estimate of drug-likeness (QED) is 0.846. The number of carbonyl (C=O) groups is 1. The molecule has 0 aliphatic carbocycles. The van der Waals surface area contributed by atoms with Crippen molar-refractivity contribution in [2.75, 3.05) is 20.0 Å². The molecule has 0 radical (unpaired) electrons. The molecule has 0 saturated carbocycles. The molecule has 0 bridgehead atoms. The Morgan fingerprint density at radius 2 is 2.11 bits per heavy atom. The summed E-state index contributed by atoms with van der Waals surface area (Å²) in [6, 6.07) is 5.21. The molecular weight excluding hydrogens is 266 g/mol. The van der Waals surface area contributed by atoms with Gasteiger partial charge in [-0.05, 0) is 19.9 Å². The van der Waals surface area contributed by atoms with Crippen molar-refractivity contribution in [1.29, 1.82) is 0 Å². The van der Waals surface area contributed by atoms with Gasteiger partial charge >= 0.3 is 0 Å². The van der Waals surface area contributed by atoms with E-state index in [9.17, 15) is 9.90 Å². The van der Waals surface area contributed by atoms with Crippen molar-refractivity contribution in [2.45, 2.75) is 20.4 Å². The molecule has 0 aliphatic heterocycles. The van der Waals surface area contributed by atoms with Crippen LogP contribution >= 0.6 is 11.6 Å². The Morgan fingerprint density at radius 1 is 1.47 bits per heavy atom. The number of alkyl halides is 1. The molecule has 1 rings (SSSR count). The molecule has 1 amide bonds. The number of aromatic hydroxyl groups is 1. The summed E-state index contributed by atoms with van der Waals surface area (Å²) in [6.45, 7) is 3.90. The lowest BCUT2D eigenvalue weighted by Crippen LogP contribution is -2.39. The first kappa shape index (κ1) is 15.6. The highest BCUT2D eigenvalue weighted by Crippen LogP contribution is 2.31. The van der Waals surface area contributed by atoms with E-state index in [1.54, 1.807) is 44.0 Å². The zero-order chi connectivity index (χ0) is 14.6. The molecule has 106 valence electrons. The number of phenols is 1. The van der Waals surface area contributed by atoms with Crippen LogP contribution in [0.4, 0.5) is 0 Å². The molecule has 0 aliphatic rings. The number of nitrogens with zero attached hydrogens (tertiary/aromatic N) is 1. The van der Waals surface area contributed by atoms with Gasteiger partial charge in [-0.2, -0.15) is 0 Å². The number of halogens is 1. The van der Waals surface area contributed by atoms with E-state index in [1.165, 1.54) is 7.11 Å². The molecule has 4 nitrogen and oxygen atoms in total. The van der Waals surface area contributed by atoms with E-state index >= 15 is 0 Å². The first-order chi connectivity index (χ1) is 8.83. The van der Waals surface area contributed by atoms with Gasteiger partial charge in [0, 0.05) is 25.0 Å². The van der Waals surface area contributed by atoms with Gasteiger partial charge in [-0.15, -0.1) is 11.6 Å². The fourth-order valence-corrected chi connectivity index (χ4v) is 1.88. The number of ether oxygens (including phenoxy) is 1. The van der Waals surface area contributed by atoms with E-state index in [4.69, 9.17) is 16.3 Å². The number of hydrogen-bond donors (Lipinski definition) is 1. The molecule has 0 aromatic heterocycles. The summed E-state index contributed by atoms with van der Waals surface area (Å²) in [5.74, 6) is 0.647. The molecule has 0 spiro atoms. The molecule has 0 heterocycles. The molecule has 1 aromatic carbocycles. The van der Waals surface area contributed by atoms with Crippen molar-refractivity contribution in [1.82, 2.24) is 4.90 Å². The smallest absolute Gasteiger partial charge is 0.229 e. The molecular formula is C14H20ClNO3. The maximum atomic E-state index is 12.2. The Morgan fingerprint density at radius 3 is 2.63 bits per heavy atom. The molecule has 0 saturated heterocycles. The summed E-state index contributed by atoms with van der Waals surface area (Å²) >= 11 is 5.80. The van der Waals surface area contributed by atoms with Gasteiger partial charge in [-0.25, -0.2) is 0 Å². The highest BCUT2D eigenvalue weighted by molar-refractivity contribution is 6.19. The van der Waals surface area contributed by atoms with E-state index in [2.05, 4.69) is 0 Å². The third-order valence-corrected chi connectivity index (χ3v) is 3.64. The van der Waals surface area contributed by atoms with Crippen molar-refractivity contribution < 1.29 is 14.6 Å². The minimum atomic E-state index is -0.620. The van der Waals surface area contributed by atoms with Crippen LogP contribution in [0, 0.1) is 5.41 Å². The largest absolute Gasteiger partial charge is 0.504 e. The predicted molar refractivity (Wildman–Crippen MR) is 75.6 cm³/mol. The Balaban J connectivity index is 2.89. The van der Waals surface area contributed by atoms with Gasteiger partial charge in [0.15, 0.2) is 11.5 Å². The topological polar surface area (TPSA) is 49.8 Å². The number of hydrogen-bond acceptors (Lipinski definition) is 3. The molecule has 0 unspecified atom stereocenters. The van der Waals surface area contributed by atoms with Gasteiger partial charge in [-0.3, -0.25) is 4.79 Å². The third-order valence-electron chi connectivity index (χ3n) is 2.97. The van der Waals surface area contributed by atoms with E-state index in [-0.39, 0.29) is 17.5 Å². The molecule has 5 heteroatoms. The SMILES string of the molecule is COc1cccc(CN(C)C(=O)C(C)(C)CCl)c1O. The zero-order valence-corrected chi connectivity index (χ0v) is 12.5. The number of methoxy groups -OCH3 is 1. The van der Waals surface area contributed by atoms with E-state index in [0.29, 0.717) is 17.9 Å². The van der Waals surface area contributed by atoms with E-state index in [1.807, 2.05) is 0 Å². The molecule has 0 atom stereocenters. The van der Waals surface area contributed by atoms with E-state index < -0.39 is 5.41 Å². The van der Waals surface area contributed by atoms with Crippen molar-refractivity contribution in [2.24, 2.45) is 5.41 Å². The summed E-state index contributed by atoms with van der Waals surface area (Å²) in [5.41, 5.74) is 0.0192. The Bertz CT molecular complexity index is 460. The van der Waals surface area contributed by atoms with Crippen LogP contribution in [0.15, 0.2) is 18.2 Å². The van der Waals surface area contributed by atoms with Gasteiger partial charge < -0.3 is 14.7 Å². The second-order valence-electron chi connectivity index (χ2n) is 5.15. The Kier molecular flexibility index (Phi) is 5.06. The van der Waals surface area contributed by atoms with Crippen LogP contribution in [0.5, 0.6) is 11.5 Å². The molecule has 1 aromatic rings. The van der Waals surface area contributed by atoms with Crippen molar-refractivity contribution in [3.05, 3.63) is 23.8 Å². The second-order valence-corrected chi connectivity index (χ2v) is 5.41. The van der Waals surface area contributed by atoms with Crippen molar-refractivity contribution >= 4 is 17.5 Å². The maximum absolute atomic E-state index is 12.2. The summed E-state index contributed by atoms with van der Waals surface area (Å²) in [7, 11) is 3.18. The van der Waals surface area contributed by atoms with Crippen molar-refractivity contribution in [3.8, 4) is 11.5 Å². The fourth-order valence-electron chi connectivity index (χ4n) is 1.76. The lowest BCUT2D eigenvalue weighted by molar-refractivity contribution is -0.138.